The number of rotatable bonds is 1. The van der Waals surface area contributed by atoms with E-state index < -0.39 is 0 Å². The molecule has 0 aliphatic heterocycles. The van der Waals surface area contributed by atoms with Gasteiger partial charge in [-0.05, 0) is 24.2 Å². The summed E-state index contributed by atoms with van der Waals surface area (Å²) in [6.07, 6.45) is 7.40. The zero-order valence-electron chi connectivity index (χ0n) is 8.27. The Hall–Kier alpha value is 0. The molecule has 0 bridgehead atoms. The average Bonchev–Trinajstić information content (AvgIpc) is 2.13. The molecule has 0 aromatic heterocycles. The normalized spacial score (nSPS) is 33.8. The van der Waals surface area contributed by atoms with Crippen LogP contribution in [0.3, 0.4) is 0 Å². The Labute approximate surface area is 71.4 Å². The van der Waals surface area contributed by atoms with E-state index in [1.54, 1.807) is 0 Å². The minimum absolute atomic E-state index is 0.917. The van der Waals surface area contributed by atoms with Crippen molar-refractivity contribution in [3.63, 3.8) is 0 Å². The molecule has 1 saturated carbocycles. The van der Waals surface area contributed by atoms with E-state index in [2.05, 4.69) is 20.8 Å². The van der Waals surface area contributed by atoms with E-state index in [1.807, 2.05) is 0 Å². The van der Waals surface area contributed by atoms with E-state index in [-0.39, 0.29) is 0 Å². The van der Waals surface area contributed by atoms with Gasteiger partial charge in [0, 0.05) is 0 Å². The largest absolute Gasteiger partial charge is 0.0625 e. The third kappa shape index (κ3) is 2.84. The van der Waals surface area contributed by atoms with Crippen molar-refractivity contribution in [2.75, 3.05) is 0 Å². The van der Waals surface area contributed by atoms with E-state index in [0.717, 1.165) is 17.8 Å². The molecule has 0 unspecified atom stereocenters. The van der Waals surface area contributed by atoms with Crippen molar-refractivity contribution in [3.05, 3.63) is 0 Å². The average molecular weight is 154 g/mol. The molecule has 0 saturated heterocycles. The molecule has 1 aliphatic carbocycles. The molecule has 0 radical (unpaired) electrons. The van der Waals surface area contributed by atoms with Gasteiger partial charge in [-0.2, -0.15) is 0 Å². The van der Waals surface area contributed by atoms with Crippen LogP contribution in [0.2, 0.25) is 0 Å². The molecule has 2 atom stereocenters. The van der Waals surface area contributed by atoms with Crippen LogP contribution in [-0.2, 0) is 0 Å². The second-order valence-electron chi connectivity index (χ2n) is 4.62. The summed E-state index contributed by atoms with van der Waals surface area (Å²) < 4.78 is 0. The summed E-state index contributed by atoms with van der Waals surface area (Å²) in [5.41, 5.74) is 0. The van der Waals surface area contributed by atoms with Crippen LogP contribution in [0.1, 0.15) is 52.9 Å². The Balaban J connectivity index is 2.34. The van der Waals surface area contributed by atoms with Gasteiger partial charge in [0.05, 0.1) is 0 Å². The monoisotopic (exact) mass is 154 g/mol. The van der Waals surface area contributed by atoms with Crippen molar-refractivity contribution < 1.29 is 0 Å². The molecule has 0 amide bonds. The number of hydrogen-bond acceptors (Lipinski definition) is 0. The molecule has 0 nitrogen and oxygen atoms in total. The van der Waals surface area contributed by atoms with Crippen LogP contribution in [0.4, 0.5) is 0 Å². The van der Waals surface area contributed by atoms with E-state index in [4.69, 9.17) is 0 Å². The Bertz CT molecular complexity index is 105. The molecule has 0 heterocycles. The van der Waals surface area contributed by atoms with Gasteiger partial charge >= 0.3 is 0 Å². The lowest BCUT2D eigenvalue weighted by Gasteiger charge is -2.17. The molecule has 1 fully saturated rings. The predicted molar refractivity (Wildman–Crippen MR) is 50.6 cm³/mol. The van der Waals surface area contributed by atoms with Gasteiger partial charge in [-0.25, -0.2) is 0 Å². The summed E-state index contributed by atoms with van der Waals surface area (Å²) in [5, 5.41) is 0. The summed E-state index contributed by atoms with van der Waals surface area (Å²) >= 11 is 0. The van der Waals surface area contributed by atoms with Crippen LogP contribution in [0.25, 0.3) is 0 Å². The predicted octanol–water partition coefficient (Wildman–Crippen LogP) is 3.86. The minimum Gasteiger partial charge on any atom is -0.0625 e. The third-order valence-electron chi connectivity index (χ3n) is 3.24. The molecule has 0 N–H and O–H groups in total. The van der Waals surface area contributed by atoms with Gasteiger partial charge < -0.3 is 0 Å². The zero-order valence-corrected chi connectivity index (χ0v) is 8.27. The topological polar surface area (TPSA) is 0 Å². The highest BCUT2D eigenvalue weighted by Gasteiger charge is 2.18. The van der Waals surface area contributed by atoms with Crippen molar-refractivity contribution in [1.82, 2.24) is 0 Å². The van der Waals surface area contributed by atoms with Gasteiger partial charge in [0.15, 0.2) is 0 Å². The van der Waals surface area contributed by atoms with Gasteiger partial charge in [0.1, 0.15) is 0 Å². The number of hydrogen-bond donors (Lipinski definition) is 0. The lowest BCUT2D eigenvalue weighted by atomic mass is 9.89. The van der Waals surface area contributed by atoms with Crippen molar-refractivity contribution in [1.29, 1.82) is 0 Å². The summed E-state index contributed by atoms with van der Waals surface area (Å²) in [7, 11) is 0. The molecule has 0 spiro atoms. The first-order valence-electron chi connectivity index (χ1n) is 5.20. The van der Waals surface area contributed by atoms with Gasteiger partial charge in [-0.1, -0.05) is 46.5 Å². The maximum Gasteiger partial charge on any atom is -0.0391 e. The van der Waals surface area contributed by atoms with Gasteiger partial charge in [0.25, 0.3) is 0 Å². The minimum atomic E-state index is 0.917. The molecule has 1 aliphatic rings. The standard InChI is InChI=1S/C11H22/c1-9(2)11-6-4-5-10(3)7-8-11/h9-11H,4-8H2,1-3H3/t10-,11+/m1/s1. The van der Waals surface area contributed by atoms with Gasteiger partial charge in [-0.3, -0.25) is 0 Å². The highest BCUT2D eigenvalue weighted by molar-refractivity contribution is 4.70. The molecule has 1 rings (SSSR count). The molecule has 0 heteroatoms. The van der Waals surface area contributed by atoms with Crippen LogP contribution in [0.15, 0.2) is 0 Å². The van der Waals surface area contributed by atoms with Gasteiger partial charge in [0.2, 0.25) is 0 Å². The summed E-state index contributed by atoms with van der Waals surface area (Å²) in [4.78, 5) is 0. The molecular weight excluding hydrogens is 132 g/mol. The maximum atomic E-state index is 2.41. The first-order chi connectivity index (χ1) is 5.20. The Morgan fingerprint density at radius 2 is 1.73 bits per heavy atom. The van der Waals surface area contributed by atoms with Crippen molar-refractivity contribution in [3.8, 4) is 0 Å². The molecular formula is C11H22. The van der Waals surface area contributed by atoms with Crippen LogP contribution in [0, 0.1) is 17.8 Å². The second kappa shape index (κ2) is 4.13. The van der Waals surface area contributed by atoms with Crippen molar-refractivity contribution >= 4 is 0 Å². The highest BCUT2D eigenvalue weighted by atomic mass is 14.2. The van der Waals surface area contributed by atoms with E-state index >= 15 is 0 Å². The fraction of sp³-hybridized carbons (Fsp3) is 1.00. The Morgan fingerprint density at radius 3 is 2.36 bits per heavy atom. The first-order valence-corrected chi connectivity index (χ1v) is 5.20. The van der Waals surface area contributed by atoms with Crippen LogP contribution < -0.4 is 0 Å². The fourth-order valence-electron chi connectivity index (χ4n) is 2.18. The Morgan fingerprint density at radius 1 is 1.00 bits per heavy atom. The van der Waals surface area contributed by atoms with E-state index in [9.17, 15) is 0 Å². The van der Waals surface area contributed by atoms with Crippen LogP contribution in [0.5, 0.6) is 0 Å². The van der Waals surface area contributed by atoms with Crippen molar-refractivity contribution in [2.24, 2.45) is 17.8 Å². The van der Waals surface area contributed by atoms with Crippen molar-refractivity contribution in [2.45, 2.75) is 52.9 Å². The molecule has 0 aromatic carbocycles. The maximum absolute atomic E-state index is 2.41. The SMILES string of the molecule is CC(C)[C@H]1CCC[C@@H](C)CC1. The fourth-order valence-corrected chi connectivity index (χ4v) is 2.18. The molecule has 11 heavy (non-hydrogen) atoms. The summed E-state index contributed by atoms with van der Waals surface area (Å²) in [5.74, 6) is 2.94. The quantitative estimate of drug-likeness (QED) is 0.503. The van der Waals surface area contributed by atoms with E-state index in [1.165, 1.54) is 32.1 Å². The van der Waals surface area contributed by atoms with E-state index in [0.29, 0.717) is 0 Å². The highest BCUT2D eigenvalue weighted by Crippen LogP contribution is 2.31. The first kappa shape index (κ1) is 9.09. The van der Waals surface area contributed by atoms with Gasteiger partial charge in [-0.15, -0.1) is 0 Å². The lowest BCUT2D eigenvalue weighted by molar-refractivity contribution is 0.338. The second-order valence-corrected chi connectivity index (χ2v) is 4.62. The van der Waals surface area contributed by atoms with Crippen LogP contribution in [-0.4, -0.2) is 0 Å². The zero-order chi connectivity index (χ0) is 8.27. The summed E-state index contributed by atoms with van der Waals surface area (Å²) in [6.45, 7) is 7.16. The smallest absolute Gasteiger partial charge is 0.0391 e. The molecule has 0 aromatic rings. The molecule has 66 valence electrons. The third-order valence-corrected chi connectivity index (χ3v) is 3.24. The lowest BCUT2D eigenvalue weighted by Crippen LogP contribution is -2.06. The van der Waals surface area contributed by atoms with Crippen LogP contribution >= 0.6 is 0 Å². The Kier molecular flexibility index (Phi) is 3.42. The summed E-state index contributed by atoms with van der Waals surface area (Å²) in [6, 6.07) is 0.